The van der Waals surface area contributed by atoms with Crippen molar-refractivity contribution >= 4 is 5.69 Å². The summed E-state index contributed by atoms with van der Waals surface area (Å²) in [4.78, 5) is 0. The van der Waals surface area contributed by atoms with Gasteiger partial charge in [0.2, 0.25) is 0 Å². The Morgan fingerprint density at radius 3 is 2.65 bits per heavy atom. The Balaban J connectivity index is 2.04. The SMILES string of the molecule is Cc1cccc(NC2CCC(C)C(C)C2)c1F. The summed E-state index contributed by atoms with van der Waals surface area (Å²) in [5, 5.41) is 3.37. The third kappa shape index (κ3) is 2.80. The lowest BCUT2D eigenvalue weighted by molar-refractivity contribution is 0.260. The van der Waals surface area contributed by atoms with Crippen LogP contribution in [0.15, 0.2) is 18.2 Å². The van der Waals surface area contributed by atoms with Crippen molar-refractivity contribution in [1.29, 1.82) is 0 Å². The van der Waals surface area contributed by atoms with Crippen LogP contribution in [0, 0.1) is 24.6 Å². The van der Waals surface area contributed by atoms with Crippen LogP contribution in [0.2, 0.25) is 0 Å². The molecule has 0 amide bonds. The molecule has 1 N–H and O–H groups in total. The molecule has 94 valence electrons. The number of aryl methyl sites for hydroxylation is 1. The maximum Gasteiger partial charge on any atom is 0.149 e. The second-order valence-corrected chi connectivity index (χ2v) is 5.55. The molecule has 3 atom stereocenters. The molecule has 1 nitrogen and oxygen atoms in total. The normalized spacial score (nSPS) is 29.1. The van der Waals surface area contributed by atoms with Gasteiger partial charge in [0.25, 0.3) is 0 Å². The second-order valence-electron chi connectivity index (χ2n) is 5.55. The fraction of sp³-hybridized carbons (Fsp3) is 0.600. The summed E-state index contributed by atoms with van der Waals surface area (Å²) in [7, 11) is 0. The van der Waals surface area contributed by atoms with Crippen LogP contribution in [-0.4, -0.2) is 6.04 Å². The minimum absolute atomic E-state index is 0.0984. The summed E-state index contributed by atoms with van der Waals surface area (Å²) in [6, 6.07) is 5.99. The van der Waals surface area contributed by atoms with Gasteiger partial charge in [-0.3, -0.25) is 0 Å². The molecule has 1 aromatic carbocycles. The summed E-state index contributed by atoms with van der Waals surface area (Å²) in [5.41, 5.74) is 1.38. The van der Waals surface area contributed by atoms with Gasteiger partial charge in [0, 0.05) is 6.04 Å². The summed E-state index contributed by atoms with van der Waals surface area (Å²) in [5.74, 6) is 1.43. The standard InChI is InChI=1S/C15H22FN/c1-10-7-8-13(9-12(10)3)17-14-6-4-5-11(2)15(14)16/h4-6,10,12-13,17H,7-9H2,1-3H3. The fourth-order valence-corrected chi connectivity index (χ4v) is 2.66. The quantitative estimate of drug-likeness (QED) is 0.802. The Hall–Kier alpha value is -1.05. The number of rotatable bonds is 2. The maximum absolute atomic E-state index is 13.9. The number of halogens is 1. The van der Waals surface area contributed by atoms with E-state index in [0.29, 0.717) is 17.3 Å². The van der Waals surface area contributed by atoms with Gasteiger partial charge in [0.1, 0.15) is 5.82 Å². The minimum Gasteiger partial charge on any atom is -0.380 e. The Kier molecular flexibility index (Phi) is 3.70. The summed E-state index contributed by atoms with van der Waals surface area (Å²) in [6.07, 6.45) is 3.54. The monoisotopic (exact) mass is 235 g/mol. The molecular formula is C15H22FN. The molecular weight excluding hydrogens is 213 g/mol. The second kappa shape index (κ2) is 5.07. The Labute approximate surface area is 103 Å². The highest BCUT2D eigenvalue weighted by Crippen LogP contribution is 2.31. The molecule has 0 heterocycles. The van der Waals surface area contributed by atoms with E-state index in [4.69, 9.17) is 0 Å². The molecule has 17 heavy (non-hydrogen) atoms. The average Bonchev–Trinajstić information content (AvgIpc) is 2.30. The van der Waals surface area contributed by atoms with Crippen molar-refractivity contribution in [3.8, 4) is 0 Å². The molecule has 3 unspecified atom stereocenters. The smallest absolute Gasteiger partial charge is 0.149 e. The van der Waals surface area contributed by atoms with Gasteiger partial charge in [-0.15, -0.1) is 0 Å². The van der Waals surface area contributed by atoms with E-state index in [1.807, 2.05) is 25.1 Å². The van der Waals surface area contributed by atoms with Crippen LogP contribution in [0.25, 0.3) is 0 Å². The Bertz CT molecular complexity index is 389. The molecule has 1 fully saturated rings. The van der Waals surface area contributed by atoms with E-state index in [2.05, 4.69) is 19.2 Å². The van der Waals surface area contributed by atoms with E-state index in [9.17, 15) is 4.39 Å². The van der Waals surface area contributed by atoms with Crippen LogP contribution in [-0.2, 0) is 0 Å². The van der Waals surface area contributed by atoms with Crippen LogP contribution in [0.5, 0.6) is 0 Å². The first-order valence-corrected chi connectivity index (χ1v) is 6.59. The highest BCUT2D eigenvalue weighted by atomic mass is 19.1. The van der Waals surface area contributed by atoms with Crippen molar-refractivity contribution in [1.82, 2.24) is 0 Å². The molecule has 1 aromatic rings. The third-order valence-corrected chi connectivity index (χ3v) is 4.15. The topological polar surface area (TPSA) is 12.0 Å². The molecule has 2 rings (SSSR count). The molecule has 0 saturated heterocycles. The molecule has 1 aliphatic rings. The van der Waals surface area contributed by atoms with E-state index in [1.165, 1.54) is 6.42 Å². The van der Waals surface area contributed by atoms with Gasteiger partial charge in [-0.05, 0) is 49.7 Å². The van der Waals surface area contributed by atoms with Crippen molar-refractivity contribution in [2.24, 2.45) is 11.8 Å². The Morgan fingerprint density at radius 2 is 1.94 bits per heavy atom. The molecule has 0 spiro atoms. The molecule has 1 aliphatic carbocycles. The van der Waals surface area contributed by atoms with Gasteiger partial charge < -0.3 is 5.32 Å². The predicted molar refractivity (Wildman–Crippen MR) is 70.7 cm³/mol. The maximum atomic E-state index is 13.9. The van der Waals surface area contributed by atoms with Crippen LogP contribution in [0.1, 0.15) is 38.7 Å². The van der Waals surface area contributed by atoms with Gasteiger partial charge >= 0.3 is 0 Å². The number of nitrogens with one attached hydrogen (secondary N) is 1. The lowest BCUT2D eigenvalue weighted by atomic mass is 9.79. The van der Waals surface area contributed by atoms with Crippen molar-refractivity contribution in [3.63, 3.8) is 0 Å². The Morgan fingerprint density at radius 1 is 1.18 bits per heavy atom. The predicted octanol–water partition coefficient (Wildman–Crippen LogP) is 4.37. The van der Waals surface area contributed by atoms with Crippen LogP contribution in [0.3, 0.4) is 0 Å². The van der Waals surface area contributed by atoms with E-state index in [-0.39, 0.29) is 5.82 Å². The van der Waals surface area contributed by atoms with Gasteiger partial charge in [-0.25, -0.2) is 4.39 Å². The van der Waals surface area contributed by atoms with E-state index >= 15 is 0 Å². The van der Waals surface area contributed by atoms with Gasteiger partial charge in [-0.1, -0.05) is 26.0 Å². The molecule has 2 heteroatoms. The summed E-state index contributed by atoms with van der Waals surface area (Å²) >= 11 is 0. The number of hydrogen-bond donors (Lipinski definition) is 1. The third-order valence-electron chi connectivity index (χ3n) is 4.15. The van der Waals surface area contributed by atoms with Crippen molar-refractivity contribution in [2.75, 3.05) is 5.32 Å². The first-order chi connectivity index (χ1) is 8.08. The molecule has 0 bridgehead atoms. The van der Waals surface area contributed by atoms with Crippen LogP contribution in [0.4, 0.5) is 10.1 Å². The fourth-order valence-electron chi connectivity index (χ4n) is 2.66. The molecule has 1 saturated carbocycles. The van der Waals surface area contributed by atoms with E-state index in [0.717, 1.165) is 24.7 Å². The zero-order valence-electron chi connectivity index (χ0n) is 11.0. The zero-order chi connectivity index (χ0) is 12.4. The zero-order valence-corrected chi connectivity index (χ0v) is 11.0. The first kappa shape index (κ1) is 12.4. The highest BCUT2D eigenvalue weighted by molar-refractivity contribution is 5.48. The van der Waals surface area contributed by atoms with Crippen molar-refractivity contribution < 1.29 is 4.39 Å². The lowest BCUT2D eigenvalue weighted by Crippen LogP contribution is -2.30. The highest BCUT2D eigenvalue weighted by Gasteiger charge is 2.24. The minimum atomic E-state index is -0.0984. The van der Waals surface area contributed by atoms with Gasteiger partial charge in [0.05, 0.1) is 5.69 Å². The van der Waals surface area contributed by atoms with Crippen LogP contribution >= 0.6 is 0 Å². The van der Waals surface area contributed by atoms with E-state index in [1.54, 1.807) is 0 Å². The number of hydrogen-bond acceptors (Lipinski definition) is 1. The van der Waals surface area contributed by atoms with Gasteiger partial charge in [-0.2, -0.15) is 0 Å². The first-order valence-electron chi connectivity index (χ1n) is 6.59. The van der Waals surface area contributed by atoms with Crippen molar-refractivity contribution in [3.05, 3.63) is 29.6 Å². The molecule has 0 aliphatic heterocycles. The number of benzene rings is 1. The van der Waals surface area contributed by atoms with Gasteiger partial charge in [0.15, 0.2) is 0 Å². The van der Waals surface area contributed by atoms with Crippen LogP contribution < -0.4 is 5.32 Å². The number of anilines is 1. The molecule has 0 aromatic heterocycles. The summed E-state index contributed by atoms with van der Waals surface area (Å²) < 4.78 is 13.9. The van der Waals surface area contributed by atoms with Crippen molar-refractivity contribution in [2.45, 2.75) is 46.1 Å². The van der Waals surface area contributed by atoms with E-state index < -0.39 is 0 Å². The average molecular weight is 235 g/mol. The lowest BCUT2D eigenvalue weighted by Gasteiger charge is -2.33. The summed E-state index contributed by atoms with van der Waals surface area (Å²) in [6.45, 7) is 6.42. The largest absolute Gasteiger partial charge is 0.380 e. The molecule has 0 radical (unpaired) electrons.